The molecule has 0 heterocycles. The highest BCUT2D eigenvalue weighted by Gasteiger charge is 2.26. The van der Waals surface area contributed by atoms with E-state index < -0.39 is 38.9 Å². The third-order valence-corrected chi connectivity index (χ3v) is 5.68. The number of aldehydes is 1. The van der Waals surface area contributed by atoms with Crippen LogP contribution in [0.3, 0.4) is 0 Å². The Morgan fingerprint density at radius 2 is 1.82 bits per heavy atom. The molecule has 1 rings (SSSR count). The number of para-hydroxylation sites is 1. The summed E-state index contributed by atoms with van der Waals surface area (Å²) in [5.74, 6) is 0.167. The molecule has 34 heavy (non-hydrogen) atoms. The predicted octanol–water partition coefficient (Wildman–Crippen LogP) is 3.73. The molecular formula is C23H36N3O7P. The van der Waals surface area contributed by atoms with Crippen molar-refractivity contribution >= 4 is 26.8 Å². The van der Waals surface area contributed by atoms with Gasteiger partial charge in [0.05, 0.1) is 18.8 Å². The molecule has 0 bridgehead atoms. The largest absolute Gasteiger partial charge is 0.462 e. The number of allylic oxidation sites excluding steroid dienone is 1. The molecule has 0 aliphatic heterocycles. The normalized spacial score (nSPS) is 14.8. The fourth-order valence-corrected chi connectivity index (χ4v) is 3.79. The van der Waals surface area contributed by atoms with Crippen molar-refractivity contribution in [2.24, 2.45) is 0 Å². The Balaban J connectivity index is 2.85. The van der Waals surface area contributed by atoms with Gasteiger partial charge in [-0.2, -0.15) is 0 Å². The lowest BCUT2D eigenvalue weighted by atomic mass is 10.3. The summed E-state index contributed by atoms with van der Waals surface area (Å²) in [4.78, 5) is 36.3. The number of esters is 1. The Morgan fingerprint density at radius 1 is 1.15 bits per heavy atom. The third kappa shape index (κ3) is 11.1. The van der Waals surface area contributed by atoms with Crippen molar-refractivity contribution in [3.8, 4) is 5.75 Å². The van der Waals surface area contributed by atoms with Gasteiger partial charge in [-0.1, -0.05) is 25.1 Å². The molecule has 0 saturated heterocycles. The Labute approximate surface area is 202 Å². The highest BCUT2D eigenvalue weighted by atomic mass is 31.2. The molecule has 0 aliphatic carbocycles. The SMILES string of the molecule is CCC(COP(NC(C)C(=O)OC(C)C)Oc1ccccc1)OC(C)N(/C=C\C=O)C(=O)NC. The number of amides is 2. The number of benzene rings is 1. The summed E-state index contributed by atoms with van der Waals surface area (Å²) in [6, 6.07) is 8.02. The molecular weight excluding hydrogens is 461 g/mol. The van der Waals surface area contributed by atoms with Crippen LogP contribution in [0.15, 0.2) is 42.6 Å². The van der Waals surface area contributed by atoms with Crippen molar-refractivity contribution < 1.29 is 32.9 Å². The monoisotopic (exact) mass is 497 g/mol. The summed E-state index contributed by atoms with van der Waals surface area (Å²) in [6.07, 6.45) is 2.42. The summed E-state index contributed by atoms with van der Waals surface area (Å²) in [7, 11) is -0.233. The second-order valence-electron chi connectivity index (χ2n) is 7.50. The molecule has 0 radical (unpaired) electrons. The summed E-state index contributed by atoms with van der Waals surface area (Å²) in [5, 5.41) is 5.55. The topological polar surface area (TPSA) is 115 Å². The highest BCUT2D eigenvalue weighted by molar-refractivity contribution is 7.45. The number of urea groups is 1. The molecule has 11 heteroatoms. The average Bonchev–Trinajstić information content (AvgIpc) is 2.81. The summed E-state index contributed by atoms with van der Waals surface area (Å²) in [6.45, 7) is 8.98. The van der Waals surface area contributed by atoms with Gasteiger partial charge in [0, 0.05) is 13.2 Å². The lowest BCUT2D eigenvalue weighted by molar-refractivity contribution is -0.149. The molecule has 4 unspecified atom stereocenters. The first kappa shape index (κ1) is 29.5. The first-order valence-corrected chi connectivity index (χ1v) is 12.3. The van der Waals surface area contributed by atoms with E-state index in [4.69, 9.17) is 18.5 Å². The van der Waals surface area contributed by atoms with Crippen LogP contribution in [0.25, 0.3) is 0 Å². The molecule has 0 spiro atoms. The second kappa shape index (κ2) is 16.2. The van der Waals surface area contributed by atoms with Gasteiger partial charge in [-0.3, -0.25) is 14.5 Å². The van der Waals surface area contributed by atoms with E-state index in [9.17, 15) is 14.4 Å². The summed E-state index contributed by atoms with van der Waals surface area (Å²) < 4.78 is 23.2. The fraction of sp³-hybridized carbons (Fsp3) is 0.522. The number of nitrogens with zero attached hydrogens (tertiary/aromatic N) is 1. The number of hydrogen-bond acceptors (Lipinski definition) is 8. The third-order valence-electron chi connectivity index (χ3n) is 4.32. The van der Waals surface area contributed by atoms with Gasteiger partial charge in [-0.15, -0.1) is 0 Å². The standard InChI is InChI=1S/C23H36N3O7P/c1-7-20(32-19(5)26(14-11-15-27)23(29)24-6)16-30-34(33-21-12-9-8-10-13-21)25-18(4)22(28)31-17(2)3/h8-15,17-20,25H,7,16H2,1-6H3,(H,24,29)/b14-11-. The van der Waals surface area contributed by atoms with E-state index >= 15 is 0 Å². The van der Waals surface area contributed by atoms with Gasteiger partial charge in [0.25, 0.3) is 0 Å². The minimum Gasteiger partial charge on any atom is -0.462 e. The van der Waals surface area contributed by atoms with Crippen LogP contribution >= 0.6 is 8.53 Å². The van der Waals surface area contributed by atoms with Gasteiger partial charge in [-0.05, 0) is 52.3 Å². The minimum absolute atomic E-state index is 0.136. The zero-order valence-electron chi connectivity index (χ0n) is 20.6. The van der Waals surface area contributed by atoms with Crippen LogP contribution in [-0.2, 0) is 23.6 Å². The zero-order chi connectivity index (χ0) is 25.5. The van der Waals surface area contributed by atoms with Gasteiger partial charge < -0.3 is 23.8 Å². The van der Waals surface area contributed by atoms with Crippen molar-refractivity contribution in [3.63, 3.8) is 0 Å². The number of hydrogen-bond donors (Lipinski definition) is 2. The van der Waals surface area contributed by atoms with Crippen molar-refractivity contribution in [2.75, 3.05) is 13.7 Å². The fourth-order valence-electron chi connectivity index (χ4n) is 2.57. The van der Waals surface area contributed by atoms with E-state index in [1.54, 1.807) is 39.8 Å². The van der Waals surface area contributed by atoms with Gasteiger partial charge in [-0.25, -0.2) is 9.88 Å². The Kier molecular flexibility index (Phi) is 14.0. The minimum atomic E-state index is -1.72. The van der Waals surface area contributed by atoms with Crippen LogP contribution in [-0.4, -0.2) is 61.3 Å². The van der Waals surface area contributed by atoms with Gasteiger partial charge in [0.2, 0.25) is 0 Å². The Bertz CT molecular complexity index is 779. The van der Waals surface area contributed by atoms with Crippen molar-refractivity contribution in [3.05, 3.63) is 42.6 Å². The van der Waals surface area contributed by atoms with Crippen molar-refractivity contribution in [2.45, 2.75) is 65.5 Å². The lowest BCUT2D eigenvalue weighted by Crippen LogP contribution is -2.43. The van der Waals surface area contributed by atoms with Gasteiger partial charge in [0.15, 0.2) is 0 Å². The number of rotatable bonds is 15. The van der Waals surface area contributed by atoms with Crippen LogP contribution in [0.2, 0.25) is 0 Å². The first-order chi connectivity index (χ1) is 16.2. The quantitative estimate of drug-likeness (QED) is 0.124. The number of carbonyl (C=O) groups excluding carboxylic acids is 3. The molecule has 0 aliphatic rings. The highest BCUT2D eigenvalue weighted by Crippen LogP contribution is 2.36. The van der Waals surface area contributed by atoms with Crippen LogP contribution in [0.4, 0.5) is 4.79 Å². The maximum absolute atomic E-state index is 12.3. The smallest absolute Gasteiger partial charge is 0.323 e. The molecule has 2 amide bonds. The van der Waals surface area contributed by atoms with E-state index in [-0.39, 0.29) is 12.7 Å². The molecule has 190 valence electrons. The van der Waals surface area contributed by atoms with Gasteiger partial charge in [0.1, 0.15) is 24.3 Å². The van der Waals surface area contributed by atoms with Crippen LogP contribution in [0.1, 0.15) is 41.0 Å². The molecule has 0 fully saturated rings. The van der Waals surface area contributed by atoms with E-state index in [0.29, 0.717) is 18.5 Å². The molecule has 0 saturated carbocycles. The number of nitrogens with one attached hydrogen (secondary N) is 2. The van der Waals surface area contributed by atoms with E-state index in [2.05, 4.69) is 10.4 Å². The second-order valence-corrected chi connectivity index (χ2v) is 8.71. The van der Waals surface area contributed by atoms with Gasteiger partial charge >= 0.3 is 20.5 Å². The van der Waals surface area contributed by atoms with Crippen molar-refractivity contribution in [1.29, 1.82) is 0 Å². The number of carbonyl (C=O) groups is 3. The first-order valence-electron chi connectivity index (χ1n) is 11.1. The molecule has 10 nitrogen and oxygen atoms in total. The Hall–Kier alpha value is -2.52. The van der Waals surface area contributed by atoms with E-state index in [1.807, 2.05) is 25.1 Å². The predicted molar refractivity (Wildman–Crippen MR) is 130 cm³/mol. The maximum Gasteiger partial charge on any atom is 0.323 e. The Morgan fingerprint density at radius 3 is 2.38 bits per heavy atom. The average molecular weight is 498 g/mol. The lowest BCUT2D eigenvalue weighted by Gasteiger charge is -2.30. The van der Waals surface area contributed by atoms with Crippen LogP contribution in [0, 0.1) is 0 Å². The summed E-state index contributed by atoms with van der Waals surface area (Å²) in [5.41, 5.74) is 0. The molecule has 1 aromatic carbocycles. The van der Waals surface area contributed by atoms with E-state index in [0.717, 1.165) is 0 Å². The van der Waals surface area contributed by atoms with E-state index in [1.165, 1.54) is 24.2 Å². The molecule has 2 N–H and O–H groups in total. The number of ether oxygens (including phenoxy) is 2. The molecule has 1 aromatic rings. The molecule has 0 aromatic heterocycles. The maximum atomic E-state index is 12.3. The molecule has 4 atom stereocenters. The summed E-state index contributed by atoms with van der Waals surface area (Å²) >= 11 is 0. The van der Waals surface area contributed by atoms with Crippen molar-refractivity contribution in [1.82, 2.24) is 15.3 Å². The zero-order valence-corrected chi connectivity index (χ0v) is 21.5. The van der Waals surface area contributed by atoms with Crippen LogP contribution in [0.5, 0.6) is 5.75 Å². The van der Waals surface area contributed by atoms with Crippen LogP contribution < -0.4 is 14.9 Å².